The van der Waals surface area contributed by atoms with Gasteiger partial charge in [-0.25, -0.2) is 4.79 Å². The van der Waals surface area contributed by atoms with E-state index < -0.39 is 5.97 Å². The first-order valence-corrected chi connectivity index (χ1v) is 5.38. The second kappa shape index (κ2) is 7.05. The van der Waals surface area contributed by atoms with E-state index in [1.54, 1.807) is 0 Å². The van der Waals surface area contributed by atoms with Gasteiger partial charge in [-0.3, -0.25) is 4.79 Å². The molecule has 16 heavy (non-hydrogen) atoms. The minimum absolute atomic E-state index is 0. The molecule has 0 saturated carbocycles. The van der Waals surface area contributed by atoms with Crippen molar-refractivity contribution in [2.24, 2.45) is 0 Å². The number of carboxylic acid groups (broad SMARTS) is 1. The predicted octanol–water partition coefficient (Wildman–Crippen LogP) is 1.25. The quantitative estimate of drug-likeness (QED) is 0.515. The average Bonchev–Trinajstić information content (AvgIpc) is 2.44. The van der Waals surface area contributed by atoms with Gasteiger partial charge in [0.25, 0.3) is 0 Å². The lowest BCUT2D eigenvalue weighted by molar-refractivity contribution is -0.137. The van der Waals surface area contributed by atoms with Gasteiger partial charge in [0.2, 0.25) is 0 Å². The minimum atomic E-state index is -0.737. The number of unbranched alkanes of at least 4 members (excludes halogenated alkanes) is 2. The molecule has 0 radical (unpaired) electrons. The highest BCUT2D eigenvalue weighted by molar-refractivity contribution is 5.77. The first kappa shape index (κ1) is 14.7. The molecule has 6 N–H and O–H groups in total. The fourth-order valence-corrected chi connectivity index (χ4v) is 1.78. The summed E-state index contributed by atoms with van der Waals surface area (Å²) in [6.07, 6.45) is 3.75. The second-order valence-corrected chi connectivity index (χ2v) is 4.01. The van der Waals surface area contributed by atoms with Crippen molar-refractivity contribution < 1.29 is 14.7 Å². The van der Waals surface area contributed by atoms with Gasteiger partial charge in [-0.05, 0) is 19.8 Å². The summed E-state index contributed by atoms with van der Waals surface area (Å²) in [5.74, 6) is -0.737. The number of urea groups is 1. The molecule has 1 rings (SSSR count). The molecule has 0 aliphatic carbocycles. The maximum Gasteiger partial charge on any atom is 0.315 e. The first-order chi connectivity index (χ1) is 7.09. The molecule has 0 unspecified atom stereocenters. The zero-order valence-corrected chi connectivity index (χ0v) is 9.66. The monoisotopic (exact) mass is 231 g/mol. The Morgan fingerprint density at radius 1 is 1.31 bits per heavy atom. The molecule has 0 aromatic heterocycles. The fourth-order valence-electron chi connectivity index (χ4n) is 1.78. The molecule has 0 aromatic carbocycles. The molecule has 6 heteroatoms. The van der Waals surface area contributed by atoms with Crippen LogP contribution in [0, 0.1) is 0 Å². The number of amides is 2. The molecule has 0 bridgehead atoms. The summed E-state index contributed by atoms with van der Waals surface area (Å²) in [5.41, 5.74) is 0. The molecule has 2 atom stereocenters. The summed E-state index contributed by atoms with van der Waals surface area (Å²) < 4.78 is 0. The van der Waals surface area contributed by atoms with Gasteiger partial charge in [0.05, 0.1) is 6.04 Å². The second-order valence-electron chi connectivity index (χ2n) is 4.01. The SMILES string of the molecule is C[C@@H]1NC(=O)N[C@@H]1CCCCCC(=O)O.N. The molecular weight excluding hydrogens is 210 g/mol. The maximum atomic E-state index is 10.9. The van der Waals surface area contributed by atoms with Gasteiger partial charge in [0.1, 0.15) is 0 Å². The largest absolute Gasteiger partial charge is 0.481 e. The average molecular weight is 231 g/mol. The van der Waals surface area contributed by atoms with Crippen LogP contribution in [0.15, 0.2) is 0 Å². The number of carbonyl (C=O) groups is 2. The van der Waals surface area contributed by atoms with E-state index in [1.165, 1.54) is 0 Å². The predicted molar refractivity (Wildman–Crippen MR) is 60.7 cm³/mol. The molecule has 0 spiro atoms. The van der Waals surface area contributed by atoms with Crippen molar-refractivity contribution in [2.45, 2.75) is 51.1 Å². The number of nitrogens with one attached hydrogen (secondary N) is 2. The van der Waals surface area contributed by atoms with Crippen molar-refractivity contribution in [2.75, 3.05) is 0 Å². The van der Waals surface area contributed by atoms with E-state index in [4.69, 9.17) is 5.11 Å². The van der Waals surface area contributed by atoms with Gasteiger partial charge in [-0.15, -0.1) is 0 Å². The number of hydrogen-bond donors (Lipinski definition) is 4. The Morgan fingerprint density at radius 2 is 2.00 bits per heavy atom. The van der Waals surface area contributed by atoms with Crippen LogP contribution in [0.1, 0.15) is 39.0 Å². The van der Waals surface area contributed by atoms with Crippen LogP contribution in [0.3, 0.4) is 0 Å². The molecule has 1 aliphatic heterocycles. The number of rotatable bonds is 6. The Hall–Kier alpha value is -1.30. The van der Waals surface area contributed by atoms with Gasteiger partial charge in [0.15, 0.2) is 0 Å². The van der Waals surface area contributed by atoms with Crippen molar-refractivity contribution in [3.05, 3.63) is 0 Å². The Bertz CT molecular complexity index is 245. The molecule has 2 amide bonds. The smallest absolute Gasteiger partial charge is 0.315 e. The van der Waals surface area contributed by atoms with Crippen LogP contribution >= 0.6 is 0 Å². The van der Waals surface area contributed by atoms with Crippen molar-refractivity contribution in [3.63, 3.8) is 0 Å². The fraction of sp³-hybridized carbons (Fsp3) is 0.800. The van der Waals surface area contributed by atoms with Crippen LogP contribution in [0.5, 0.6) is 0 Å². The van der Waals surface area contributed by atoms with E-state index in [-0.39, 0.29) is 30.7 Å². The van der Waals surface area contributed by atoms with Crippen molar-refractivity contribution in [1.29, 1.82) is 0 Å². The minimum Gasteiger partial charge on any atom is -0.481 e. The van der Waals surface area contributed by atoms with Gasteiger partial charge < -0.3 is 21.9 Å². The van der Waals surface area contributed by atoms with Crippen LogP contribution in [0.25, 0.3) is 0 Å². The molecule has 6 nitrogen and oxygen atoms in total. The van der Waals surface area contributed by atoms with E-state index in [1.807, 2.05) is 6.92 Å². The third-order valence-corrected chi connectivity index (χ3v) is 2.68. The molecule has 1 saturated heterocycles. The molecule has 1 fully saturated rings. The molecule has 1 aliphatic rings. The summed E-state index contributed by atoms with van der Waals surface area (Å²) in [5, 5.41) is 14.1. The van der Waals surface area contributed by atoms with Gasteiger partial charge >= 0.3 is 12.0 Å². The maximum absolute atomic E-state index is 10.9. The Kier molecular flexibility index (Phi) is 6.48. The standard InChI is InChI=1S/C10H18N2O3.H3N/c1-7-8(12-10(15)11-7)5-3-2-4-6-9(13)14;/h7-8H,2-6H2,1H3,(H,13,14)(H2,11,12,15);1H3/t7-,8+;/m0./s1. The number of hydrogen-bond acceptors (Lipinski definition) is 3. The normalized spacial score (nSPS) is 23.2. The zero-order valence-electron chi connectivity index (χ0n) is 9.66. The Labute approximate surface area is 95.4 Å². The number of aliphatic carboxylic acids is 1. The third-order valence-electron chi connectivity index (χ3n) is 2.68. The third kappa shape index (κ3) is 4.97. The molecule has 0 aromatic rings. The summed E-state index contributed by atoms with van der Waals surface area (Å²) in [7, 11) is 0. The highest BCUT2D eigenvalue weighted by Gasteiger charge is 2.26. The zero-order chi connectivity index (χ0) is 11.3. The number of carbonyl (C=O) groups excluding carboxylic acids is 1. The highest BCUT2D eigenvalue weighted by Crippen LogP contribution is 2.11. The van der Waals surface area contributed by atoms with Crippen molar-refractivity contribution in [3.8, 4) is 0 Å². The van der Waals surface area contributed by atoms with E-state index >= 15 is 0 Å². The van der Waals surface area contributed by atoms with E-state index in [0.717, 1.165) is 25.7 Å². The van der Waals surface area contributed by atoms with Gasteiger partial charge in [-0.1, -0.05) is 12.8 Å². The van der Waals surface area contributed by atoms with Crippen LogP contribution in [0.4, 0.5) is 4.79 Å². The Balaban J connectivity index is 0.00000225. The summed E-state index contributed by atoms with van der Waals surface area (Å²) >= 11 is 0. The topological polar surface area (TPSA) is 113 Å². The van der Waals surface area contributed by atoms with Gasteiger partial charge in [-0.2, -0.15) is 0 Å². The molecule has 1 heterocycles. The van der Waals surface area contributed by atoms with Crippen molar-refractivity contribution in [1.82, 2.24) is 16.8 Å². The molecular formula is C10H21N3O3. The van der Waals surface area contributed by atoms with Crippen LogP contribution in [-0.4, -0.2) is 29.2 Å². The van der Waals surface area contributed by atoms with E-state index in [9.17, 15) is 9.59 Å². The van der Waals surface area contributed by atoms with E-state index in [0.29, 0.717) is 0 Å². The highest BCUT2D eigenvalue weighted by atomic mass is 16.4. The van der Waals surface area contributed by atoms with Crippen LogP contribution < -0.4 is 16.8 Å². The first-order valence-electron chi connectivity index (χ1n) is 5.38. The summed E-state index contributed by atoms with van der Waals surface area (Å²) in [4.78, 5) is 21.2. The summed E-state index contributed by atoms with van der Waals surface area (Å²) in [6.45, 7) is 1.97. The van der Waals surface area contributed by atoms with Crippen molar-refractivity contribution >= 4 is 12.0 Å². The Morgan fingerprint density at radius 3 is 2.50 bits per heavy atom. The van der Waals surface area contributed by atoms with Crippen LogP contribution in [-0.2, 0) is 4.79 Å². The lowest BCUT2D eigenvalue weighted by atomic mass is 10.0. The lowest BCUT2D eigenvalue weighted by Crippen LogP contribution is -2.30. The summed E-state index contributed by atoms with van der Waals surface area (Å²) in [6, 6.07) is 0.275. The molecule has 94 valence electrons. The van der Waals surface area contributed by atoms with Crippen LogP contribution in [0.2, 0.25) is 0 Å². The number of carboxylic acids is 1. The van der Waals surface area contributed by atoms with Gasteiger partial charge in [0, 0.05) is 12.5 Å². The lowest BCUT2D eigenvalue weighted by Gasteiger charge is -2.13. The van der Waals surface area contributed by atoms with E-state index in [2.05, 4.69) is 10.6 Å².